The van der Waals surface area contributed by atoms with Gasteiger partial charge in [0, 0.05) is 0 Å². The molecule has 106 valence electrons. The summed E-state index contributed by atoms with van der Waals surface area (Å²) in [5.41, 5.74) is 3.73. The van der Waals surface area contributed by atoms with Crippen molar-refractivity contribution in [3.05, 3.63) is 70.3 Å². The molecule has 0 saturated heterocycles. The number of hydrogen-bond acceptors (Lipinski definition) is 1. The van der Waals surface area contributed by atoms with Gasteiger partial charge in [-0.05, 0) is 0 Å². The summed E-state index contributed by atoms with van der Waals surface area (Å²) in [5, 5.41) is 0. The minimum atomic E-state index is 0.318. The van der Waals surface area contributed by atoms with E-state index in [1.54, 1.807) is 7.11 Å². The molecular formula is C18H18NOSe+. The molecule has 0 unspecified atom stereocenters. The Morgan fingerprint density at radius 1 is 1.00 bits per heavy atom. The summed E-state index contributed by atoms with van der Waals surface area (Å²) in [6, 6.07) is 8.51. The molecule has 1 aromatic carbocycles. The maximum atomic E-state index is 5.57. The summed E-state index contributed by atoms with van der Waals surface area (Å²) in [5.74, 6) is 0.963. The van der Waals surface area contributed by atoms with Crippen molar-refractivity contribution in [1.82, 2.24) is 0 Å². The van der Waals surface area contributed by atoms with Crippen molar-refractivity contribution in [1.29, 1.82) is 0 Å². The van der Waals surface area contributed by atoms with Gasteiger partial charge in [-0.25, -0.2) is 0 Å². The molecule has 0 fully saturated rings. The number of rotatable bonds is 1. The molecule has 3 heteroatoms. The summed E-state index contributed by atoms with van der Waals surface area (Å²) < 4.78 is 10.4. The van der Waals surface area contributed by atoms with Gasteiger partial charge in [0.1, 0.15) is 0 Å². The van der Waals surface area contributed by atoms with Crippen molar-refractivity contribution in [2.45, 2.75) is 0 Å². The number of nitrogens with zero attached hydrogens (tertiary/aromatic N) is 1. The molecule has 0 N–H and O–H groups in total. The number of hydrogen-bond donors (Lipinski definition) is 0. The van der Waals surface area contributed by atoms with E-state index in [1.165, 1.54) is 25.8 Å². The molecule has 0 radical (unpaired) electrons. The fraction of sp³-hybridized carbons (Fsp3) is 0.167. The first-order chi connectivity index (χ1) is 10.2. The van der Waals surface area contributed by atoms with Crippen LogP contribution in [0, 0.1) is 0 Å². The Morgan fingerprint density at radius 2 is 1.71 bits per heavy atom. The van der Waals surface area contributed by atoms with Gasteiger partial charge in [-0.2, -0.15) is 0 Å². The average molecular weight is 343 g/mol. The van der Waals surface area contributed by atoms with Gasteiger partial charge in [-0.1, -0.05) is 0 Å². The van der Waals surface area contributed by atoms with Crippen molar-refractivity contribution >= 4 is 30.9 Å². The molecule has 1 aliphatic carbocycles. The molecular weight excluding hydrogens is 325 g/mol. The zero-order valence-corrected chi connectivity index (χ0v) is 14.2. The van der Waals surface area contributed by atoms with E-state index in [1.807, 2.05) is 0 Å². The summed E-state index contributed by atoms with van der Waals surface area (Å²) in [6.45, 7) is 0. The third kappa shape index (κ3) is 2.80. The number of methoxy groups -OCH3 is 1. The molecule has 0 amide bonds. The van der Waals surface area contributed by atoms with Gasteiger partial charge in [0.2, 0.25) is 0 Å². The summed E-state index contributed by atoms with van der Waals surface area (Å²) >= 11 is 0.318. The van der Waals surface area contributed by atoms with Gasteiger partial charge in [-0.15, -0.1) is 0 Å². The quantitative estimate of drug-likeness (QED) is 0.562. The summed E-state index contributed by atoms with van der Waals surface area (Å²) in [4.78, 5) is 0. The molecule has 0 spiro atoms. The Bertz CT molecular complexity index is 713. The average Bonchev–Trinajstić information content (AvgIpc) is 2.53. The van der Waals surface area contributed by atoms with Crippen LogP contribution in [0.4, 0.5) is 0 Å². The normalized spacial score (nSPS) is 16.7. The van der Waals surface area contributed by atoms with Crippen molar-refractivity contribution in [3.8, 4) is 0 Å². The number of allylic oxidation sites excluding steroid dienone is 7. The monoisotopic (exact) mass is 344 g/mol. The third-order valence-electron chi connectivity index (χ3n) is 3.52. The molecule has 0 aromatic heterocycles. The Balaban J connectivity index is 2.03. The number of ether oxygens (including phenoxy) is 1. The molecule has 0 bridgehead atoms. The van der Waals surface area contributed by atoms with E-state index in [2.05, 4.69) is 73.3 Å². The van der Waals surface area contributed by atoms with Crippen molar-refractivity contribution < 1.29 is 9.31 Å². The summed E-state index contributed by atoms with van der Waals surface area (Å²) in [6.07, 6.45) is 10.9. The second-order valence-corrected chi connectivity index (χ2v) is 7.39. The first kappa shape index (κ1) is 14.1. The van der Waals surface area contributed by atoms with Crippen molar-refractivity contribution in [2.75, 3.05) is 21.2 Å². The van der Waals surface area contributed by atoms with Crippen LogP contribution in [0.15, 0.2) is 64.7 Å². The predicted molar refractivity (Wildman–Crippen MR) is 89.2 cm³/mol. The zero-order valence-electron chi connectivity index (χ0n) is 12.5. The second-order valence-electron chi connectivity index (χ2n) is 5.12. The summed E-state index contributed by atoms with van der Waals surface area (Å²) in [7, 11) is 5.87. The molecule has 3 rings (SSSR count). The molecule has 1 heterocycles. The fourth-order valence-corrected chi connectivity index (χ4v) is 4.61. The molecule has 0 saturated carbocycles. The van der Waals surface area contributed by atoms with Crippen LogP contribution in [-0.4, -0.2) is 46.4 Å². The van der Waals surface area contributed by atoms with Crippen LogP contribution in [0.2, 0.25) is 0 Å². The van der Waals surface area contributed by atoms with Crippen LogP contribution in [-0.2, 0) is 4.74 Å². The number of fused-ring (bicyclic) bond motifs is 1. The Hall–Kier alpha value is -1.83. The Kier molecular flexibility index (Phi) is 3.96. The van der Waals surface area contributed by atoms with Gasteiger partial charge in [0.05, 0.1) is 0 Å². The Labute approximate surface area is 132 Å². The third-order valence-corrected chi connectivity index (χ3v) is 5.93. The van der Waals surface area contributed by atoms with Crippen molar-refractivity contribution in [2.24, 2.45) is 0 Å². The Morgan fingerprint density at radius 3 is 2.38 bits per heavy atom. The predicted octanol–water partition coefficient (Wildman–Crippen LogP) is 2.11. The minimum absolute atomic E-state index is 0.318. The van der Waals surface area contributed by atoms with E-state index in [-0.39, 0.29) is 0 Å². The topological polar surface area (TPSA) is 12.2 Å². The zero-order chi connectivity index (χ0) is 14.8. The van der Waals surface area contributed by atoms with Crippen molar-refractivity contribution in [3.63, 3.8) is 0 Å². The maximum absolute atomic E-state index is 5.57. The van der Waals surface area contributed by atoms with E-state index in [4.69, 9.17) is 4.74 Å². The molecule has 1 aromatic rings. The van der Waals surface area contributed by atoms with Gasteiger partial charge in [0.15, 0.2) is 0 Å². The molecule has 2 nitrogen and oxygen atoms in total. The van der Waals surface area contributed by atoms with E-state index in [9.17, 15) is 0 Å². The van der Waals surface area contributed by atoms with Crippen LogP contribution in [0.5, 0.6) is 0 Å². The van der Waals surface area contributed by atoms with Crippen LogP contribution in [0.3, 0.4) is 0 Å². The van der Waals surface area contributed by atoms with E-state index < -0.39 is 0 Å². The van der Waals surface area contributed by atoms with E-state index in [0.29, 0.717) is 15.0 Å². The second kappa shape index (κ2) is 5.88. The molecule has 0 atom stereocenters. The molecule has 2 aliphatic rings. The van der Waals surface area contributed by atoms with Gasteiger partial charge in [0.25, 0.3) is 0 Å². The van der Waals surface area contributed by atoms with Crippen LogP contribution in [0.25, 0.3) is 5.76 Å². The first-order valence-corrected chi connectivity index (χ1v) is 8.58. The van der Waals surface area contributed by atoms with Gasteiger partial charge >= 0.3 is 132 Å². The van der Waals surface area contributed by atoms with Crippen LogP contribution < -0.4 is 4.46 Å². The van der Waals surface area contributed by atoms with Gasteiger partial charge in [-0.3, -0.25) is 0 Å². The SMILES string of the molecule is COC1=CC(=C2C=CC(=[N+](C)C)C=C2)[Se]c2ccccc21. The van der Waals surface area contributed by atoms with Gasteiger partial charge < -0.3 is 0 Å². The molecule has 21 heavy (non-hydrogen) atoms. The number of benzene rings is 1. The first-order valence-electron chi connectivity index (χ1n) is 6.86. The van der Waals surface area contributed by atoms with E-state index >= 15 is 0 Å². The fourth-order valence-electron chi connectivity index (χ4n) is 2.34. The molecule has 1 aliphatic heterocycles. The van der Waals surface area contributed by atoms with Crippen LogP contribution in [0.1, 0.15) is 5.56 Å². The standard InChI is InChI=1S/C18H18NOSe/c1-19(2)14-10-8-13(9-11-14)18-12-16(20-3)15-6-4-5-7-17(15)21-18/h4-12H,1-3H3/q+1. The van der Waals surface area contributed by atoms with E-state index in [0.717, 1.165) is 5.76 Å². The van der Waals surface area contributed by atoms with Crippen LogP contribution >= 0.6 is 0 Å².